The molecule has 3 N–H and O–H groups in total. The summed E-state index contributed by atoms with van der Waals surface area (Å²) in [7, 11) is -1.15. The number of nitrogens with one attached hydrogen (secondary N) is 2. The number of amides is 3. The fourth-order valence-corrected chi connectivity index (χ4v) is 5.71. The van der Waals surface area contributed by atoms with Crippen LogP contribution in [-0.2, 0) is 23.5 Å². The maximum Gasteiger partial charge on any atom is 0.410 e. The number of hydrogen-bond acceptors (Lipinski definition) is 10. The molecular weight excluding hydrogens is 568 g/mol. The summed E-state index contributed by atoms with van der Waals surface area (Å²) >= 11 is 1.32. The second kappa shape index (κ2) is 14.1. The molecule has 2 rings (SSSR count). The second-order valence-corrected chi connectivity index (χ2v) is 18.4. The molecule has 1 unspecified atom stereocenters. The summed E-state index contributed by atoms with van der Waals surface area (Å²) in [6, 6.07) is -2.44. The van der Waals surface area contributed by atoms with E-state index in [4.69, 9.17) is 9.16 Å². The molecule has 1 aromatic rings. The Hall–Kier alpha value is -2.55. The number of carbonyl (C=O) groups is 4. The first-order chi connectivity index (χ1) is 18.9. The topological polar surface area (TPSA) is 156 Å². The first kappa shape index (κ1) is 34.6. The van der Waals surface area contributed by atoms with E-state index in [-0.39, 0.29) is 29.4 Å². The number of hydrogen-bond donors (Lipinski definition) is 3. The maximum atomic E-state index is 13.2. The predicted octanol–water partition coefficient (Wildman–Crippen LogP) is 3.03. The van der Waals surface area contributed by atoms with Crippen molar-refractivity contribution in [3.63, 3.8) is 0 Å². The van der Waals surface area contributed by atoms with Gasteiger partial charge in [0.1, 0.15) is 17.3 Å². The Balaban J connectivity index is 2.17. The van der Waals surface area contributed by atoms with Crippen LogP contribution in [0.15, 0.2) is 5.38 Å². The smallest absolute Gasteiger partial charge is 0.410 e. The van der Waals surface area contributed by atoms with Gasteiger partial charge >= 0.3 is 12.1 Å². The number of rotatable bonds is 10. The number of esters is 1. The largest absolute Gasteiger partial charge is 0.467 e. The molecule has 0 saturated carbocycles. The summed E-state index contributed by atoms with van der Waals surface area (Å²) < 4.78 is 16.3. The molecule has 0 spiro atoms. The molecule has 12 nitrogen and oxygen atoms in total. The molecule has 0 aromatic carbocycles. The number of aliphatic hydroxyl groups is 1. The number of ether oxygens (including phenoxy) is 2. The highest BCUT2D eigenvalue weighted by Crippen LogP contribution is 2.36. The van der Waals surface area contributed by atoms with E-state index in [9.17, 15) is 24.3 Å². The average molecular weight is 615 g/mol. The quantitative estimate of drug-likeness (QED) is 0.266. The van der Waals surface area contributed by atoms with Gasteiger partial charge in [0.05, 0.1) is 25.3 Å². The van der Waals surface area contributed by atoms with Gasteiger partial charge < -0.3 is 34.5 Å². The highest BCUT2D eigenvalue weighted by atomic mass is 32.1. The van der Waals surface area contributed by atoms with Gasteiger partial charge in [-0.3, -0.25) is 9.59 Å². The fraction of sp³-hybridized carbons (Fsp3) is 0.741. The minimum atomic E-state index is -2.30. The Kier molecular flexibility index (Phi) is 11.9. The summed E-state index contributed by atoms with van der Waals surface area (Å²) in [6.07, 6.45) is 1.22. The van der Waals surface area contributed by atoms with E-state index in [1.165, 1.54) is 11.3 Å². The standard InChI is InChI=1S/C27H46N4O8SSi/c1-26(2,3)39-25(36)31-12-10-11-17(13-31)23-30-20(16-40-23)22(34)29-19(15-38-41(8,9)27(4,5)6)21(33)28-18(14-32)24(35)37-7/h16-19,32H,10-15H2,1-9H3,(H,28,33)(H,29,34)/t17?,18-,19-/m0/s1. The van der Waals surface area contributed by atoms with E-state index in [1.54, 1.807) is 10.3 Å². The molecule has 1 fully saturated rings. The predicted molar refractivity (Wildman–Crippen MR) is 157 cm³/mol. The summed E-state index contributed by atoms with van der Waals surface area (Å²) in [4.78, 5) is 57.1. The lowest BCUT2D eigenvalue weighted by Crippen LogP contribution is -2.56. The number of thiazole rings is 1. The molecule has 3 atom stereocenters. The van der Waals surface area contributed by atoms with Gasteiger partial charge in [0.15, 0.2) is 14.4 Å². The van der Waals surface area contributed by atoms with Gasteiger partial charge in [-0.1, -0.05) is 20.8 Å². The molecule has 0 radical (unpaired) electrons. The van der Waals surface area contributed by atoms with Crippen molar-refractivity contribution < 1.29 is 38.2 Å². The van der Waals surface area contributed by atoms with Gasteiger partial charge in [0.2, 0.25) is 5.91 Å². The molecule has 0 aliphatic carbocycles. The summed E-state index contributed by atoms with van der Waals surface area (Å²) in [5.41, 5.74) is -0.460. The highest BCUT2D eigenvalue weighted by molar-refractivity contribution is 7.09. The van der Waals surface area contributed by atoms with Crippen LogP contribution in [0.5, 0.6) is 0 Å². The Morgan fingerprint density at radius 2 is 1.80 bits per heavy atom. The number of methoxy groups -OCH3 is 1. The van der Waals surface area contributed by atoms with Gasteiger partial charge in [-0.15, -0.1) is 11.3 Å². The van der Waals surface area contributed by atoms with Crippen molar-refractivity contribution in [2.24, 2.45) is 0 Å². The van der Waals surface area contributed by atoms with Crippen molar-refractivity contribution in [3.05, 3.63) is 16.1 Å². The molecule has 1 saturated heterocycles. The summed E-state index contributed by atoms with van der Waals surface area (Å²) in [5.74, 6) is -2.13. The van der Waals surface area contributed by atoms with Crippen LogP contribution in [0, 0.1) is 0 Å². The highest BCUT2D eigenvalue weighted by Gasteiger charge is 2.39. The first-order valence-corrected chi connectivity index (χ1v) is 17.5. The fourth-order valence-electron chi connectivity index (χ4n) is 3.77. The Morgan fingerprint density at radius 1 is 1.15 bits per heavy atom. The monoisotopic (exact) mass is 614 g/mol. The molecule has 41 heavy (non-hydrogen) atoms. The van der Waals surface area contributed by atoms with Crippen LogP contribution in [0.1, 0.15) is 75.8 Å². The van der Waals surface area contributed by atoms with Crippen molar-refractivity contribution in [1.29, 1.82) is 0 Å². The molecule has 14 heteroatoms. The third-order valence-electron chi connectivity index (χ3n) is 7.20. The third kappa shape index (κ3) is 10.0. The molecule has 1 aliphatic rings. The molecule has 1 aromatic heterocycles. The van der Waals surface area contributed by atoms with E-state index in [2.05, 4.69) is 41.1 Å². The van der Waals surface area contributed by atoms with Crippen molar-refractivity contribution in [2.45, 2.75) is 96.1 Å². The number of piperidine rings is 1. The van der Waals surface area contributed by atoms with Gasteiger partial charge in [0, 0.05) is 24.4 Å². The van der Waals surface area contributed by atoms with Gasteiger partial charge in [-0.2, -0.15) is 0 Å². The van der Waals surface area contributed by atoms with E-state index < -0.39 is 50.4 Å². The van der Waals surface area contributed by atoms with Crippen molar-refractivity contribution in [1.82, 2.24) is 20.5 Å². The van der Waals surface area contributed by atoms with Crippen molar-refractivity contribution in [2.75, 3.05) is 33.4 Å². The lowest BCUT2D eigenvalue weighted by molar-refractivity contribution is -0.146. The minimum Gasteiger partial charge on any atom is -0.467 e. The van der Waals surface area contributed by atoms with Crippen LogP contribution in [-0.4, -0.2) is 98.3 Å². The number of carbonyl (C=O) groups excluding carboxylic acids is 4. The molecular formula is C27H46N4O8SSi. The zero-order valence-electron chi connectivity index (χ0n) is 25.7. The lowest BCUT2D eigenvalue weighted by Gasteiger charge is -2.37. The van der Waals surface area contributed by atoms with Gasteiger partial charge in [-0.05, 0) is 51.7 Å². The van der Waals surface area contributed by atoms with E-state index >= 15 is 0 Å². The van der Waals surface area contributed by atoms with Crippen molar-refractivity contribution in [3.8, 4) is 0 Å². The Labute approximate surface area is 247 Å². The van der Waals surface area contributed by atoms with Crippen LogP contribution >= 0.6 is 11.3 Å². The van der Waals surface area contributed by atoms with Crippen LogP contribution in [0.4, 0.5) is 4.79 Å². The van der Waals surface area contributed by atoms with Crippen LogP contribution in [0.3, 0.4) is 0 Å². The second-order valence-electron chi connectivity index (χ2n) is 12.7. The molecule has 2 heterocycles. The third-order valence-corrected chi connectivity index (χ3v) is 12.7. The van der Waals surface area contributed by atoms with Gasteiger partial charge in [0.25, 0.3) is 5.91 Å². The van der Waals surface area contributed by atoms with Crippen LogP contribution < -0.4 is 10.6 Å². The van der Waals surface area contributed by atoms with E-state index in [1.807, 2.05) is 33.9 Å². The van der Waals surface area contributed by atoms with Crippen LogP contribution in [0.2, 0.25) is 18.1 Å². The SMILES string of the molecule is COC(=O)[C@H](CO)NC(=O)[C@H](CO[Si](C)(C)C(C)(C)C)NC(=O)c1csc(C2CCCN(C(=O)OC(C)(C)C)C2)n1. The first-order valence-electron chi connectivity index (χ1n) is 13.8. The number of aromatic nitrogens is 1. The zero-order valence-corrected chi connectivity index (χ0v) is 27.5. The number of aliphatic hydroxyl groups excluding tert-OH is 1. The average Bonchev–Trinajstić information content (AvgIpc) is 3.38. The lowest BCUT2D eigenvalue weighted by atomic mass is 9.99. The zero-order chi connectivity index (χ0) is 31.2. The van der Waals surface area contributed by atoms with Crippen LogP contribution in [0.25, 0.3) is 0 Å². The number of nitrogens with zero attached hydrogens (tertiary/aromatic N) is 2. The van der Waals surface area contributed by atoms with Crippen molar-refractivity contribution >= 4 is 43.5 Å². The van der Waals surface area contributed by atoms with Gasteiger partial charge in [-0.25, -0.2) is 14.6 Å². The Morgan fingerprint density at radius 3 is 2.37 bits per heavy atom. The molecule has 232 valence electrons. The van der Waals surface area contributed by atoms with E-state index in [0.29, 0.717) is 18.1 Å². The molecule has 0 bridgehead atoms. The summed E-state index contributed by atoms with van der Waals surface area (Å²) in [5, 5.41) is 16.9. The van der Waals surface area contributed by atoms with E-state index in [0.717, 1.165) is 20.0 Å². The number of likely N-dealkylation sites (tertiary alicyclic amines) is 1. The molecule has 3 amide bonds. The summed E-state index contributed by atoms with van der Waals surface area (Å²) in [6.45, 7) is 15.9. The molecule has 1 aliphatic heterocycles. The normalized spacial score (nSPS) is 17.8. The minimum absolute atomic E-state index is 0.0470. The Bertz CT molecular complexity index is 1080. The maximum absolute atomic E-state index is 13.2.